The lowest BCUT2D eigenvalue weighted by Gasteiger charge is -2.32. The van der Waals surface area contributed by atoms with Crippen molar-refractivity contribution in [3.63, 3.8) is 0 Å². The number of amides is 2. The quantitative estimate of drug-likeness (QED) is 0.792. The zero-order valence-corrected chi connectivity index (χ0v) is 13.7. The smallest absolute Gasteiger partial charge is 0.266 e. The van der Waals surface area contributed by atoms with Crippen LogP contribution >= 0.6 is 0 Å². The first kappa shape index (κ1) is 14.9. The van der Waals surface area contributed by atoms with Crippen LogP contribution in [0.25, 0.3) is 0 Å². The van der Waals surface area contributed by atoms with Gasteiger partial charge in [-0.25, -0.2) is 4.90 Å². The van der Waals surface area contributed by atoms with Crippen LogP contribution < -0.4 is 9.80 Å². The van der Waals surface area contributed by atoms with Gasteiger partial charge in [0.2, 0.25) is 0 Å². The molecule has 2 amide bonds. The minimum absolute atomic E-state index is 0.241. The number of benzene rings is 2. The van der Waals surface area contributed by atoms with Crippen molar-refractivity contribution < 1.29 is 9.59 Å². The summed E-state index contributed by atoms with van der Waals surface area (Å²) in [5.41, 5.74) is 2.76. The van der Waals surface area contributed by atoms with Crippen LogP contribution in [0.1, 0.15) is 40.5 Å². The SMILES string of the molecule is CC1CCN(c2ccc(N3C(=O)c4ccccc4C3=O)cc2)CC1. The molecule has 4 nitrogen and oxygen atoms in total. The highest BCUT2D eigenvalue weighted by Gasteiger charge is 2.36. The molecule has 2 aromatic rings. The maximum absolute atomic E-state index is 12.5. The van der Waals surface area contributed by atoms with E-state index in [4.69, 9.17) is 0 Å². The Bertz CT molecular complexity index is 755. The summed E-state index contributed by atoms with van der Waals surface area (Å²) in [6.45, 7) is 4.42. The Balaban J connectivity index is 1.58. The number of anilines is 2. The minimum Gasteiger partial charge on any atom is -0.372 e. The standard InChI is InChI=1S/C20H20N2O2/c1-14-10-12-21(13-11-14)15-6-8-16(9-7-15)22-19(23)17-4-2-3-5-18(17)20(22)24/h2-9,14H,10-13H2,1H3. The lowest BCUT2D eigenvalue weighted by Crippen LogP contribution is -2.33. The largest absolute Gasteiger partial charge is 0.372 e. The van der Waals surface area contributed by atoms with Gasteiger partial charge < -0.3 is 4.90 Å². The fraction of sp³-hybridized carbons (Fsp3) is 0.300. The summed E-state index contributed by atoms with van der Waals surface area (Å²) in [5, 5.41) is 0. The minimum atomic E-state index is -0.241. The second-order valence-electron chi connectivity index (χ2n) is 6.68. The van der Waals surface area contributed by atoms with E-state index in [0.29, 0.717) is 16.8 Å². The van der Waals surface area contributed by atoms with Crippen LogP contribution in [0.15, 0.2) is 48.5 Å². The molecule has 24 heavy (non-hydrogen) atoms. The molecule has 4 heteroatoms. The van der Waals surface area contributed by atoms with Crippen molar-refractivity contribution in [1.82, 2.24) is 0 Å². The number of rotatable bonds is 2. The molecule has 0 aromatic heterocycles. The van der Waals surface area contributed by atoms with Crippen LogP contribution in [0.5, 0.6) is 0 Å². The van der Waals surface area contributed by atoms with Crippen molar-refractivity contribution in [2.24, 2.45) is 5.92 Å². The summed E-state index contributed by atoms with van der Waals surface area (Å²) >= 11 is 0. The van der Waals surface area contributed by atoms with Gasteiger partial charge in [-0.05, 0) is 55.2 Å². The number of nitrogens with zero attached hydrogens (tertiary/aromatic N) is 2. The third-order valence-electron chi connectivity index (χ3n) is 5.05. The molecule has 122 valence electrons. The molecule has 2 heterocycles. The molecular weight excluding hydrogens is 300 g/mol. The van der Waals surface area contributed by atoms with E-state index < -0.39 is 0 Å². The van der Waals surface area contributed by atoms with Crippen LogP contribution in [-0.4, -0.2) is 24.9 Å². The highest BCUT2D eigenvalue weighted by Crippen LogP contribution is 2.30. The molecule has 0 bridgehead atoms. The second kappa shape index (κ2) is 5.78. The number of carbonyl (C=O) groups is 2. The Labute approximate surface area is 141 Å². The number of hydrogen-bond acceptors (Lipinski definition) is 3. The molecule has 4 rings (SSSR count). The molecule has 2 aliphatic rings. The summed E-state index contributed by atoms with van der Waals surface area (Å²) in [7, 11) is 0. The topological polar surface area (TPSA) is 40.6 Å². The summed E-state index contributed by atoms with van der Waals surface area (Å²) < 4.78 is 0. The first-order chi connectivity index (χ1) is 11.6. The van der Waals surface area contributed by atoms with Gasteiger partial charge in [-0.2, -0.15) is 0 Å². The van der Waals surface area contributed by atoms with Gasteiger partial charge in [-0.1, -0.05) is 19.1 Å². The Morgan fingerprint density at radius 3 is 1.83 bits per heavy atom. The van der Waals surface area contributed by atoms with Gasteiger partial charge in [0.25, 0.3) is 11.8 Å². The van der Waals surface area contributed by atoms with Gasteiger partial charge in [0.05, 0.1) is 16.8 Å². The summed E-state index contributed by atoms with van der Waals surface area (Å²) in [4.78, 5) is 28.7. The van der Waals surface area contributed by atoms with Crippen molar-refractivity contribution in [2.75, 3.05) is 22.9 Å². The van der Waals surface area contributed by atoms with E-state index in [2.05, 4.69) is 11.8 Å². The van der Waals surface area contributed by atoms with E-state index in [1.165, 1.54) is 17.7 Å². The van der Waals surface area contributed by atoms with Crippen molar-refractivity contribution in [1.29, 1.82) is 0 Å². The molecule has 0 radical (unpaired) electrons. The fourth-order valence-electron chi connectivity index (χ4n) is 3.50. The van der Waals surface area contributed by atoms with Crippen LogP contribution in [-0.2, 0) is 0 Å². The average molecular weight is 320 g/mol. The normalized spacial score (nSPS) is 18.2. The molecule has 2 aromatic carbocycles. The van der Waals surface area contributed by atoms with Crippen LogP contribution in [0.4, 0.5) is 11.4 Å². The van der Waals surface area contributed by atoms with Gasteiger partial charge in [0.15, 0.2) is 0 Å². The number of piperidine rings is 1. The Kier molecular flexibility index (Phi) is 3.60. The van der Waals surface area contributed by atoms with Gasteiger partial charge >= 0.3 is 0 Å². The van der Waals surface area contributed by atoms with E-state index >= 15 is 0 Å². The Morgan fingerprint density at radius 2 is 1.29 bits per heavy atom. The van der Waals surface area contributed by atoms with E-state index in [9.17, 15) is 9.59 Å². The molecular formula is C20H20N2O2. The fourth-order valence-corrected chi connectivity index (χ4v) is 3.50. The Morgan fingerprint density at radius 1 is 0.792 bits per heavy atom. The van der Waals surface area contributed by atoms with Gasteiger partial charge in [-0.3, -0.25) is 9.59 Å². The monoisotopic (exact) mass is 320 g/mol. The number of imide groups is 1. The second-order valence-corrected chi connectivity index (χ2v) is 6.68. The molecule has 0 spiro atoms. The van der Waals surface area contributed by atoms with Gasteiger partial charge in [0.1, 0.15) is 0 Å². The zero-order valence-electron chi connectivity index (χ0n) is 13.7. The van der Waals surface area contributed by atoms with Crippen LogP contribution in [0.3, 0.4) is 0 Å². The first-order valence-electron chi connectivity index (χ1n) is 8.48. The van der Waals surface area contributed by atoms with Crippen LogP contribution in [0.2, 0.25) is 0 Å². The van der Waals surface area contributed by atoms with Crippen molar-refractivity contribution in [3.05, 3.63) is 59.7 Å². The van der Waals surface area contributed by atoms with E-state index in [1.807, 2.05) is 24.3 Å². The molecule has 0 saturated carbocycles. The number of hydrogen-bond donors (Lipinski definition) is 0. The molecule has 0 N–H and O–H groups in total. The maximum atomic E-state index is 12.5. The highest BCUT2D eigenvalue weighted by atomic mass is 16.2. The lowest BCUT2D eigenvalue weighted by molar-refractivity contribution is 0.0926. The van der Waals surface area contributed by atoms with Crippen molar-refractivity contribution in [2.45, 2.75) is 19.8 Å². The van der Waals surface area contributed by atoms with Crippen molar-refractivity contribution >= 4 is 23.2 Å². The zero-order chi connectivity index (χ0) is 16.7. The summed E-state index contributed by atoms with van der Waals surface area (Å²) in [6.07, 6.45) is 2.42. The summed E-state index contributed by atoms with van der Waals surface area (Å²) in [6, 6.07) is 14.7. The predicted octanol–water partition coefficient (Wildman–Crippen LogP) is 3.72. The molecule has 2 aliphatic heterocycles. The number of carbonyl (C=O) groups excluding carboxylic acids is 2. The third kappa shape index (κ3) is 2.39. The van der Waals surface area contributed by atoms with Crippen molar-refractivity contribution in [3.8, 4) is 0 Å². The average Bonchev–Trinajstić information content (AvgIpc) is 2.87. The molecule has 0 aliphatic carbocycles. The third-order valence-corrected chi connectivity index (χ3v) is 5.05. The van der Waals surface area contributed by atoms with Gasteiger partial charge in [-0.15, -0.1) is 0 Å². The highest BCUT2D eigenvalue weighted by molar-refractivity contribution is 6.34. The van der Waals surface area contributed by atoms with Gasteiger partial charge in [0, 0.05) is 18.8 Å². The molecule has 1 saturated heterocycles. The predicted molar refractivity (Wildman–Crippen MR) is 94.6 cm³/mol. The van der Waals surface area contributed by atoms with E-state index in [0.717, 1.165) is 24.7 Å². The lowest BCUT2D eigenvalue weighted by atomic mass is 9.99. The molecule has 0 unspecified atom stereocenters. The molecule has 1 fully saturated rings. The number of fused-ring (bicyclic) bond motifs is 1. The van der Waals surface area contributed by atoms with Crippen LogP contribution in [0, 0.1) is 5.92 Å². The molecule has 0 atom stereocenters. The van der Waals surface area contributed by atoms with E-state index in [1.54, 1.807) is 24.3 Å². The maximum Gasteiger partial charge on any atom is 0.266 e. The first-order valence-corrected chi connectivity index (χ1v) is 8.48. The van der Waals surface area contributed by atoms with E-state index in [-0.39, 0.29) is 11.8 Å². The Hall–Kier alpha value is -2.62. The summed E-state index contributed by atoms with van der Waals surface area (Å²) in [5.74, 6) is 0.309.